The number of fused-ring (bicyclic) bond motifs is 1. The van der Waals surface area contributed by atoms with E-state index >= 15 is 0 Å². The van der Waals surface area contributed by atoms with E-state index in [2.05, 4.69) is 17.1 Å². The van der Waals surface area contributed by atoms with Crippen molar-refractivity contribution in [3.63, 3.8) is 0 Å². The third-order valence-corrected chi connectivity index (χ3v) is 10.3. The van der Waals surface area contributed by atoms with E-state index in [0.29, 0.717) is 30.5 Å². The summed E-state index contributed by atoms with van der Waals surface area (Å²) in [6.45, 7) is 4.94. The lowest BCUT2D eigenvalue weighted by atomic mass is 9.81. The Kier molecular flexibility index (Phi) is 9.62. The Bertz CT molecular complexity index is 1270. The predicted octanol–water partition coefficient (Wildman–Crippen LogP) is 5.97. The van der Waals surface area contributed by atoms with E-state index in [4.69, 9.17) is 0 Å². The van der Waals surface area contributed by atoms with Gasteiger partial charge in [0, 0.05) is 31.3 Å². The van der Waals surface area contributed by atoms with Gasteiger partial charge in [0.15, 0.2) is 9.84 Å². The number of nitrogens with one attached hydrogen (secondary N) is 1. The van der Waals surface area contributed by atoms with Crippen molar-refractivity contribution in [1.29, 1.82) is 0 Å². The minimum absolute atomic E-state index is 0.00300. The molecular weight excluding hydrogens is 541 g/mol. The quantitative estimate of drug-likeness (QED) is 0.362. The van der Waals surface area contributed by atoms with Gasteiger partial charge in [-0.25, -0.2) is 8.42 Å². The number of amides is 1. The van der Waals surface area contributed by atoms with Crippen LogP contribution < -0.4 is 5.32 Å². The molecule has 2 atom stereocenters. The van der Waals surface area contributed by atoms with E-state index < -0.39 is 28.0 Å². The van der Waals surface area contributed by atoms with Crippen LogP contribution >= 0.6 is 0 Å². The standard InChI is InChI=1S/C30H39F3N2O4S/c1-3-28-26-14-9-22(17-23(26)19-35(28)18-20-5-10-24(11-6-20)30(31,32)33)29(37)34-27(15-16-36)21-7-12-25(13-8-21)40(38,39)4-2/h7-9,12-14,17,20,24,27-28,36H,3-6,10-11,15-16,18-19H2,1-2H3,(H,34,37)/t20-,24-,27-,28+/m0/s1. The van der Waals surface area contributed by atoms with Crippen LogP contribution in [0, 0.1) is 11.8 Å². The van der Waals surface area contributed by atoms with Gasteiger partial charge in [0.05, 0.1) is 22.6 Å². The number of alkyl halides is 3. The van der Waals surface area contributed by atoms with Crippen LogP contribution in [0.25, 0.3) is 0 Å². The van der Waals surface area contributed by atoms with E-state index in [1.165, 1.54) is 12.1 Å². The summed E-state index contributed by atoms with van der Waals surface area (Å²) >= 11 is 0. The number of aliphatic hydroxyl groups is 1. The van der Waals surface area contributed by atoms with Gasteiger partial charge < -0.3 is 10.4 Å². The van der Waals surface area contributed by atoms with Crippen molar-refractivity contribution in [2.45, 2.75) is 82.1 Å². The summed E-state index contributed by atoms with van der Waals surface area (Å²) in [5.41, 5.74) is 3.41. The molecule has 2 aliphatic rings. The zero-order valence-electron chi connectivity index (χ0n) is 23.1. The fourth-order valence-corrected chi connectivity index (χ4v) is 7.06. The van der Waals surface area contributed by atoms with Crippen LogP contribution in [0.5, 0.6) is 0 Å². The molecule has 4 rings (SSSR count). The molecule has 0 spiro atoms. The normalized spacial score (nSPS) is 22.6. The highest BCUT2D eigenvalue weighted by atomic mass is 32.2. The number of halogens is 3. The first-order chi connectivity index (χ1) is 19.0. The summed E-state index contributed by atoms with van der Waals surface area (Å²) < 4.78 is 63.5. The van der Waals surface area contributed by atoms with Crippen molar-refractivity contribution >= 4 is 15.7 Å². The van der Waals surface area contributed by atoms with Gasteiger partial charge in [-0.1, -0.05) is 32.0 Å². The molecule has 220 valence electrons. The molecule has 6 nitrogen and oxygen atoms in total. The van der Waals surface area contributed by atoms with Crippen molar-refractivity contribution in [3.05, 3.63) is 64.7 Å². The first-order valence-electron chi connectivity index (χ1n) is 14.1. The van der Waals surface area contributed by atoms with Gasteiger partial charge in [-0.3, -0.25) is 9.69 Å². The lowest BCUT2D eigenvalue weighted by molar-refractivity contribution is -0.184. The van der Waals surface area contributed by atoms with Gasteiger partial charge in [0.25, 0.3) is 5.91 Å². The van der Waals surface area contributed by atoms with E-state index in [1.54, 1.807) is 25.1 Å². The van der Waals surface area contributed by atoms with Crippen LogP contribution in [0.3, 0.4) is 0 Å². The molecule has 1 heterocycles. The second kappa shape index (κ2) is 12.6. The number of benzene rings is 2. The summed E-state index contributed by atoms with van der Waals surface area (Å²) in [7, 11) is -3.34. The number of aliphatic hydroxyl groups excluding tert-OH is 1. The summed E-state index contributed by atoms with van der Waals surface area (Å²) in [6.07, 6.45) is -1.40. The molecule has 0 saturated heterocycles. The van der Waals surface area contributed by atoms with Crippen molar-refractivity contribution < 1.29 is 31.5 Å². The van der Waals surface area contributed by atoms with E-state index in [1.807, 2.05) is 12.1 Å². The summed E-state index contributed by atoms with van der Waals surface area (Å²) in [4.78, 5) is 15.8. The van der Waals surface area contributed by atoms with E-state index in [-0.39, 0.29) is 54.4 Å². The smallest absolute Gasteiger partial charge is 0.391 e. The van der Waals surface area contributed by atoms with Crippen LogP contribution in [0.2, 0.25) is 0 Å². The van der Waals surface area contributed by atoms with E-state index in [0.717, 1.165) is 24.1 Å². The van der Waals surface area contributed by atoms with Gasteiger partial charge in [0.2, 0.25) is 0 Å². The molecule has 10 heteroatoms. The number of rotatable bonds is 10. The number of hydrogen-bond donors (Lipinski definition) is 2. The minimum Gasteiger partial charge on any atom is -0.396 e. The van der Waals surface area contributed by atoms with Crippen molar-refractivity contribution in [1.82, 2.24) is 10.2 Å². The van der Waals surface area contributed by atoms with Crippen LogP contribution in [0.4, 0.5) is 13.2 Å². The fraction of sp³-hybridized carbons (Fsp3) is 0.567. The van der Waals surface area contributed by atoms with Gasteiger partial charge in [-0.2, -0.15) is 13.2 Å². The Morgan fingerprint density at radius 3 is 2.33 bits per heavy atom. The van der Waals surface area contributed by atoms with Crippen LogP contribution in [0.1, 0.15) is 91.5 Å². The number of hydrogen-bond acceptors (Lipinski definition) is 5. The van der Waals surface area contributed by atoms with Gasteiger partial charge >= 0.3 is 6.18 Å². The summed E-state index contributed by atoms with van der Waals surface area (Å²) in [6, 6.07) is 11.7. The molecular formula is C30H39F3N2O4S. The van der Waals surface area contributed by atoms with E-state index in [9.17, 15) is 31.5 Å². The first kappa shape index (κ1) is 30.5. The lowest BCUT2D eigenvalue weighted by Crippen LogP contribution is -2.33. The Morgan fingerprint density at radius 2 is 1.75 bits per heavy atom. The highest BCUT2D eigenvalue weighted by Gasteiger charge is 2.42. The van der Waals surface area contributed by atoms with Gasteiger partial charge in [0.1, 0.15) is 0 Å². The number of nitrogens with zero attached hydrogens (tertiary/aromatic N) is 1. The molecule has 1 aliphatic heterocycles. The third-order valence-electron chi connectivity index (χ3n) is 8.51. The molecule has 0 aromatic heterocycles. The molecule has 1 saturated carbocycles. The highest BCUT2D eigenvalue weighted by Crippen LogP contribution is 2.42. The van der Waals surface area contributed by atoms with Gasteiger partial charge in [-0.15, -0.1) is 0 Å². The Labute approximate surface area is 234 Å². The SMILES string of the molecule is CC[C@@H]1c2ccc(C(=O)N[C@@H](CCO)c3ccc(S(=O)(=O)CC)cc3)cc2CN1C[C@H]1CC[C@H](C(F)(F)F)CC1. The molecule has 2 aromatic rings. The highest BCUT2D eigenvalue weighted by molar-refractivity contribution is 7.91. The second-order valence-corrected chi connectivity index (χ2v) is 13.3. The molecule has 0 radical (unpaired) electrons. The molecule has 40 heavy (non-hydrogen) atoms. The Hall–Kier alpha value is -2.43. The molecule has 2 aromatic carbocycles. The van der Waals surface area contributed by atoms with Crippen molar-refractivity contribution in [3.8, 4) is 0 Å². The Balaban J connectivity index is 1.43. The summed E-state index contributed by atoms with van der Waals surface area (Å²) in [5, 5.41) is 12.6. The molecule has 2 N–H and O–H groups in total. The monoisotopic (exact) mass is 580 g/mol. The molecule has 0 unspecified atom stereocenters. The third kappa shape index (κ3) is 6.89. The summed E-state index contributed by atoms with van der Waals surface area (Å²) in [5.74, 6) is -1.23. The topological polar surface area (TPSA) is 86.7 Å². The fourth-order valence-electron chi connectivity index (χ4n) is 6.18. The lowest BCUT2D eigenvalue weighted by Gasteiger charge is -2.34. The molecule has 1 fully saturated rings. The zero-order valence-corrected chi connectivity index (χ0v) is 23.9. The second-order valence-electron chi connectivity index (χ2n) is 11.0. The maximum atomic E-state index is 13.2. The maximum Gasteiger partial charge on any atom is 0.391 e. The van der Waals surface area contributed by atoms with Crippen LogP contribution in [0.15, 0.2) is 47.4 Å². The number of sulfone groups is 1. The molecule has 0 bridgehead atoms. The number of carbonyl (C=O) groups is 1. The van der Waals surface area contributed by atoms with Crippen molar-refractivity contribution in [2.24, 2.45) is 11.8 Å². The van der Waals surface area contributed by atoms with Crippen LogP contribution in [-0.2, 0) is 16.4 Å². The number of carbonyl (C=O) groups excluding carboxylic acids is 1. The van der Waals surface area contributed by atoms with Crippen LogP contribution in [-0.4, -0.2) is 49.4 Å². The first-order valence-corrected chi connectivity index (χ1v) is 15.8. The largest absolute Gasteiger partial charge is 0.396 e. The average molecular weight is 581 g/mol. The van der Waals surface area contributed by atoms with Crippen molar-refractivity contribution in [2.75, 3.05) is 18.9 Å². The maximum absolute atomic E-state index is 13.2. The Morgan fingerprint density at radius 1 is 1.07 bits per heavy atom. The minimum atomic E-state index is -4.10. The molecule has 1 aliphatic carbocycles. The average Bonchev–Trinajstić information content (AvgIpc) is 3.28. The predicted molar refractivity (Wildman–Crippen MR) is 147 cm³/mol. The van der Waals surface area contributed by atoms with Gasteiger partial charge in [-0.05, 0) is 85.4 Å². The molecule has 1 amide bonds. The zero-order chi connectivity index (χ0) is 29.1.